The highest BCUT2D eigenvalue weighted by Gasteiger charge is 2.01. The lowest BCUT2D eigenvalue weighted by Crippen LogP contribution is -2.22. The number of hydrogen-bond donors (Lipinski definition) is 1. The van der Waals surface area contributed by atoms with Crippen LogP contribution < -0.4 is 11.3 Å². The van der Waals surface area contributed by atoms with Crippen molar-refractivity contribution in [2.45, 2.75) is 27.3 Å². The molecule has 1 aromatic rings. The summed E-state index contributed by atoms with van der Waals surface area (Å²) in [6, 6.07) is 1.55. The highest BCUT2D eigenvalue weighted by atomic mass is 16.5. The van der Waals surface area contributed by atoms with Crippen LogP contribution in [0, 0.1) is 12.8 Å². The van der Waals surface area contributed by atoms with Gasteiger partial charge in [0, 0.05) is 25.4 Å². The Labute approximate surface area is 96.0 Å². The molecule has 0 saturated heterocycles. The number of rotatable bonds is 5. The molecular weight excluding hydrogens is 204 g/mol. The lowest BCUT2D eigenvalue weighted by molar-refractivity contribution is 0.102. The van der Waals surface area contributed by atoms with Gasteiger partial charge in [-0.1, -0.05) is 13.8 Å². The van der Waals surface area contributed by atoms with Crippen LogP contribution in [0.5, 0.6) is 0 Å². The minimum atomic E-state index is -0.0279. The Bertz CT molecular complexity index is 396. The molecule has 4 heteroatoms. The number of nitrogen functional groups attached to an aromatic ring is 1. The van der Waals surface area contributed by atoms with Crippen LogP contribution in [0.25, 0.3) is 0 Å². The van der Waals surface area contributed by atoms with Crippen molar-refractivity contribution in [1.29, 1.82) is 0 Å². The Morgan fingerprint density at radius 2 is 2.19 bits per heavy atom. The molecular formula is C12H20N2O2. The van der Waals surface area contributed by atoms with Crippen LogP contribution in [0.2, 0.25) is 0 Å². The van der Waals surface area contributed by atoms with Crippen molar-refractivity contribution in [1.82, 2.24) is 4.57 Å². The maximum Gasteiger partial charge on any atom is 0.250 e. The average molecular weight is 224 g/mol. The molecule has 0 aliphatic rings. The first-order valence-corrected chi connectivity index (χ1v) is 5.55. The summed E-state index contributed by atoms with van der Waals surface area (Å²) in [4.78, 5) is 11.6. The summed E-state index contributed by atoms with van der Waals surface area (Å²) < 4.78 is 7.01. The molecule has 0 unspecified atom stereocenters. The first-order valence-electron chi connectivity index (χ1n) is 5.55. The van der Waals surface area contributed by atoms with Crippen LogP contribution in [0.3, 0.4) is 0 Å². The zero-order chi connectivity index (χ0) is 12.1. The van der Waals surface area contributed by atoms with Crippen LogP contribution in [-0.2, 0) is 11.3 Å². The monoisotopic (exact) mass is 224 g/mol. The van der Waals surface area contributed by atoms with Crippen LogP contribution >= 0.6 is 0 Å². The predicted octanol–water partition coefficient (Wildman–Crippen LogP) is 1.41. The Kier molecular flexibility index (Phi) is 4.55. The van der Waals surface area contributed by atoms with Crippen molar-refractivity contribution in [2.75, 3.05) is 18.9 Å². The van der Waals surface area contributed by atoms with E-state index in [0.29, 0.717) is 24.8 Å². The lowest BCUT2D eigenvalue weighted by atomic mass is 10.2. The molecule has 2 N–H and O–H groups in total. The third-order valence-electron chi connectivity index (χ3n) is 2.30. The fraction of sp³-hybridized carbons (Fsp3) is 0.583. The second-order valence-corrected chi connectivity index (χ2v) is 4.41. The first-order chi connectivity index (χ1) is 7.50. The van der Waals surface area contributed by atoms with E-state index in [1.807, 2.05) is 6.92 Å². The van der Waals surface area contributed by atoms with Gasteiger partial charge in [0.05, 0.1) is 12.3 Å². The maximum atomic E-state index is 11.6. The molecule has 0 aliphatic heterocycles. The van der Waals surface area contributed by atoms with Gasteiger partial charge >= 0.3 is 0 Å². The van der Waals surface area contributed by atoms with Gasteiger partial charge in [0.2, 0.25) is 0 Å². The van der Waals surface area contributed by atoms with Crippen LogP contribution in [-0.4, -0.2) is 17.8 Å². The van der Waals surface area contributed by atoms with Crippen molar-refractivity contribution in [3.05, 3.63) is 28.2 Å². The summed E-state index contributed by atoms with van der Waals surface area (Å²) in [5, 5.41) is 0. The zero-order valence-electron chi connectivity index (χ0n) is 10.2. The van der Waals surface area contributed by atoms with Crippen LogP contribution in [0.15, 0.2) is 17.1 Å². The zero-order valence-corrected chi connectivity index (χ0v) is 10.2. The van der Waals surface area contributed by atoms with Gasteiger partial charge in [-0.3, -0.25) is 4.79 Å². The molecule has 0 aromatic carbocycles. The Hall–Kier alpha value is -1.29. The molecule has 0 atom stereocenters. The highest BCUT2D eigenvalue weighted by Crippen LogP contribution is 2.05. The van der Waals surface area contributed by atoms with Gasteiger partial charge in [-0.15, -0.1) is 0 Å². The molecule has 0 saturated carbocycles. The number of pyridine rings is 1. The first kappa shape index (κ1) is 12.8. The second kappa shape index (κ2) is 5.70. The van der Waals surface area contributed by atoms with Crippen LogP contribution in [0.4, 0.5) is 5.69 Å². The third kappa shape index (κ3) is 3.70. The van der Waals surface area contributed by atoms with Gasteiger partial charge in [0.15, 0.2) is 0 Å². The molecule has 0 fully saturated rings. The quantitative estimate of drug-likeness (QED) is 0.769. The molecule has 0 aliphatic carbocycles. The van der Waals surface area contributed by atoms with E-state index in [4.69, 9.17) is 10.5 Å². The number of ether oxygens (including phenoxy) is 1. The number of aryl methyl sites for hydroxylation is 1. The summed E-state index contributed by atoms with van der Waals surface area (Å²) in [6.07, 6.45) is 1.68. The molecule has 1 heterocycles. The Morgan fingerprint density at radius 3 is 2.81 bits per heavy atom. The van der Waals surface area contributed by atoms with Gasteiger partial charge in [-0.25, -0.2) is 0 Å². The molecule has 1 rings (SSSR count). The van der Waals surface area contributed by atoms with Gasteiger partial charge < -0.3 is 15.0 Å². The van der Waals surface area contributed by atoms with Gasteiger partial charge in [-0.2, -0.15) is 0 Å². The normalized spacial score (nSPS) is 11.0. The largest absolute Gasteiger partial charge is 0.397 e. The topological polar surface area (TPSA) is 57.2 Å². The number of nitrogens with two attached hydrogens (primary N) is 1. The standard InChI is InChI=1S/C12H20N2O2/c1-9(2)8-16-5-4-14-7-11(13)10(3)6-12(14)15/h6-7,9H,4-5,8,13H2,1-3H3. The lowest BCUT2D eigenvalue weighted by Gasteiger charge is -2.10. The maximum absolute atomic E-state index is 11.6. The van der Waals surface area contributed by atoms with E-state index in [9.17, 15) is 4.79 Å². The predicted molar refractivity (Wildman–Crippen MR) is 65.5 cm³/mol. The van der Waals surface area contributed by atoms with E-state index < -0.39 is 0 Å². The van der Waals surface area contributed by atoms with Crippen molar-refractivity contribution >= 4 is 5.69 Å². The van der Waals surface area contributed by atoms with E-state index in [0.717, 1.165) is 12.2 Å². The van der Waals surface area contributed by atoms with Crippen molar-refractivity contribution in [3.63, 3.8) is 0 Å². The molecule has 0 bridgehead atoms. The molecule has 1 aromatic heterocycles. The summed E-state index contributed by atoms with van der Waals surface area (Å²) in [7, 11) is 0. The third-order valence-corrected chi connectivity index (χ3v) is 2.30. The molecule has 4 nitrogen and oxygen atoms in total. The van der Waals surface area contributed by atoms with E-state index >= 15 is 0 Å². The summed E-state index contributed by atoms with van der Waals surface area (Å²) in [6.45, 7) is 7.83. The minimum Gasteiger partial charge on any atom is -0.397 e. The average Bonchev–Trinajstić information content (AvgIpc) is 2.19. The number of nitrogens with zero attached hydrogens (tertiary/aromatic N) is 1. The number of hydrogen-bond acceptors (Lipinski definition) is 3. The summed E-state index contributed by atoms with van der Waals surface area (Å²) in [5.41, 5.74) is 7.18. The molecule has 90 valence electrons. The van der Waals surface area contributed by atoms with E-state index in [2.05, 4.69) is 13.8 Å². The highest BCUT2D eigenvalue weighted by molar-refractivity contribution is 5.42. The van der Waals surface area contributed by atoms with Gasteiger partial charge in [-0.05, 0) is 18.4 Å². The number of aromatic nitrogens is 1. The SMILES string of the molecule is Cc1cc(=O)n(CCOCC(C)C)cc1N. The molecule has 0 amide bonds. The second-order valence-electron chi connectivity index (χ2n) is 4.41. The van der Waals surface area contributed by atoms with Gasteiger partial charge in [0.1, 0.15) is 0 Å². The smallest absolute Gasteiger partial charge is 0.250 e. The van der Waals surface area contributed by atoms with E-state index in [-0.39, 0.29) is 5.56 Å². The molecule has 0 spiro atoms. The van der Waals surface area contributed by atoms with Crippen molar-refractivity contribution < 1.29 is 4.74 Å². The van der Waals surface area contributed by atoms with Gasteiger partial charge in [0.25, 0.3) is 5.56 Å². The molecule has 0 radical (unpaired) electrons. The van der Waals surface area contributed by atoms with E-state index in [1.54, 1.807) is 16.8 Å². The Morgan fingerprint density at radius 1 is 1.50 bits per heavy atom. The van der Waals surface area contributed by atoms with Crippen molar-refractivity contribution in [2.24, 2.45) is 5.92 Å². The summed E-state index contributed by atoms with van der Waals surface area (Å²) >= 11 is 0. The fourth-order valence-electron chi connectivity index (χ4n) is 1.34. The molecule has 16 heavy (non-hydrogen) atoms. The van der Waals surface area contributed by atoms with E-state index in [1.165, 1.54) is 0 Å². The Balaban J connectivity index is 2.54. The van der Waals surface area contributed by atoms with Crippen molar-refractivity contribution in [3.8, 4) is 0 Å². The fourth-order valence-corrected chi connectivity index (χ4v) is 1.34. The van der Waals surface area contributed by atoms with Crippen LogP contribution in [0.1, 0.15) is 19.4 Å². The number of anilines is 1. The summed E-state index contributed by atoms with van der Waals surface area (Å²) in [5.74, 6) is 0.514. The minimum absolute atomic E-state index is 0.0279.